The van der Waals surface area contributed by atoms with E-state index in [1.807, 2.05) is 12.1 Å². The molecule has 0 atom stereocenters. The Labute approximate surface area is 118 Å². The maximum absolute atomic E-state index is 6.47. The molecule has 1 heterocycles. The third kappa shape index (κ3) is 4.39. The molecule has 0 saturated carbocycles. The van der Waals surface area contributed by atoms with Crippen LogP contribution in [0.1, 0.15) is 40.4 Å². The van der Waals surface area contributed by atoms with Crippen molar-refractivity contribution >= 4 is 8.32 Å². The average molecular weight is 284 g/mol. The van der Waals surface area contributed by atoms with Gasteiger partial charge in [0.05, 0.1) is 12.7 Å². The number of methoxy groups -OCH3 is 1. The maximum atomic E-state index is 6.47. The fraction of sp³-hybridized carbons (Fsp3) is 0.733. The summed E-state index contributed by atoms with van der Waals surface area (Å²) in [6.07, 6.45) is 0.753. The zero-order valence-corrected chi connectivity index (χ0v) is 14.6. The predicted octanol–water partition coefficient (Wildman–Crippen LogP) is 4.63. The molecule has 0 radical (unpaired) electrons. The summed E-state index contributed by atoms with van der Waals surface area (Å²) in [5, 5.41) is 0.213. The second-order valence-electron chi connectivity index (χ2n) is 7.22. The van der Waals surface area contributed by atoms with Gasteiger partial charge in [-0.3, -0.25) is 0 Å². The Hall–Kier alpha value is -0.743. The van der Waals surface area contributed by atoms with Crippen LogP contribution in [-0.2, 0) is 10.8 Å². The van der Waals surface area contributed by atoms with Crippen LogP contribution in [0.3, 0.4) is 0 Å². The van der Waals surface area contributed by atoms with Gasteiger partial charge < -0.3 is 13.6 Å². The second kappa shape index (κ2) is 5.33. The molecule has 0 aromatic carbocycles. The molecule has 0 saturated heterocycles. The van der Waals surface area contributed by atoms with Crippen molar-refractivity contribution in [2.24, 2.45) is 0 Å². The molecule has 1 rings (SSSR count). The molecule has 0 fully saturated rings. The summed E-state index contributed by atoms with van der Waals surface area (Å²) in [4.78, 5) is 0. The van der Waals surface area contributed by atoms with Gasteiger partial charge in [0.25, 0.3) is 5.95 Å². The summed E-state index contributed by atoms with van der Waals surface area (Å²) in [5.74, 6) is 1.46. The summed E-state index contributed by atoms with van der Waals surface area (Å²) in [6, 6.07) is 3.80. The van der Waals surface area contributed by atoms with Gasteiger partial charge in [0.15, 0.2) is 8.32 Å². The highest BCUT2D eigenvalue weighted by Crippen LogP contribution is 2.39. The number of hydrogen-bond donors (Lipinski definition) is 0. The van der Waals surface area contributed by atoms with Gasteiger partial charge in [0.1, 0.15) is 5.76 Å². The molecule has 0 aliphatic rings. The number of furan rings is 1. The van der Waals surface area contributed by atoms with Crippen LogP contribution in [0, 0.1) is 0 Å². The third-order valence-electron chi connectivity index (χ3n) is 3.78. The lowest BCUT2D eigenvalue weighted by atomic mass is 10.0. The molecule has 0 aliphatic carbocycles. The summed E-state index contributed by atoms with van der Waals surface area (Å²) in [5.41, 5.74) is -0.230. The van der Waals surface area contributed by atoms with Crippen molar-refractivity contribution in [1.82, 2.24) is 0 Å². The van der Waals surface area contributed by atoms with Crippen LogP contribution >= 0.6 is 0 Å². The van der Waals surface area contributed by atoms with Crippen molar-refractivity contribution in [3.05, 3.63) is 17.9 Å². The summed E-state index contributed by atoms with van der Waals surface area (Å²) in [6.45, 7) is 15.6. The Morgan fingerprint density at radius 2 is 1.68 bits per heavy atom. The highest BCUT2D eigenvalue weighted by atomic mass is 28.4. The van der Waals surface area contributed by atoms with Gasteiger partial charge in [-0.2, -0.15) is 0 Å². The predicted molar refractivity (Wildman–Crippen MR) is 81.3 cm³/mol. The van der Waals surface area contributed by atoms with Gasteiger partial charge >= 0.3 is 0 Å². The van der Waals surface area contributed by atoms with Crippen molar-refractivity contribution in [3.63, 3.8) is 0 Å². The molecular formula is C15H28O3Si. The summed E-state index contributed by atoms with van der Waals surface area (Å²) >= 11 is 0. The molecule has 0 unspecified atom stereocenters. The fourth-order valence-electron chi connectivity index (χ4n) is 1.86. The third-order valence-corrected chi connectivity index (χ3v) is 8.45. The number of ether oxygens (including phenoxy) is 1. The van der Waals surface area contributed by atoms with E-state index in [0.717, 1.165) is 12.2 Å². The van der Waals surface area contributed by atoms with Gasteiger partial charge in [-0.15, -0.1) is 0 Å². The van der Waals surface area contributed by atoms with Crippen LogP contribution in [0.2, 0.25) is 18.1 Å². The van der Waals surface area contributed by atoms with Crippen molar-refractivity contribution in [1.29, 1.82) is 0 Å². The van der Waals surface area contributed by atoms with Gasteiger partial charge in [-0.1, -0.05) is 20.8 Å². The monoisotopic (exact) mass is 284 g/mol. The van der Waals surface area contributed by atoms with E-state index >= 15 is 0 Å². The zero-order chi connectivity index (χ0) is 14.9. The minimum atomic E-state index is -1.77. The lowest BCUT2D eigenvalue weighted by Gasteiger charge is -2.42. The first kappa shape index (κ1) is 16.3. The van der Waals surface area contributed by atoms with E-state index < -0.39 is 8.32 Å². The SMILES string of the molecule is COc1ccc(CC(C)(C)O[Si](C)(C)C(C)(C)C)o1. The van der Waals surface area contributed by atoms with Gasteiger partial charge in [0, 0.05) is 12.5 Å². The van der Waals surface area contributed by atoms with Crippen LogP contribution in [0.15, 0.2) is 16.5 Å². The molecule has 0 bridgehead atoms. The topological polar surface area (TPSA) is 31.6 Å². The first-order chi connectivity index (χ1) is 8.47. The molecule has 0 N–H and O–H groups in total. The highest BCUT2D eigenvalue weighted by Gasteiger charge is 2.41. The Balaban J connectivity index is 2.76. The normalized spacial score (nSPS) is 13.7. The molecule has 19 heavy (non-hydrogen) atoms. The Kier molecular flexibility index (Phi) is 4.57. The lowest BCUT2D eigenvalue weighted by Crippen LogP contribution is -2.48. The van der Waals surface area contributed by atoms with Crippen molar-refractivity contribution in [2.45, 2.75) is 64.8 Å². The van der Waals surface area contributed by atoms with Crippen molar-refractivity contribution in [2.75, 3.05) is 7.11 Å². The first-order valence-electron chi connectivity index (χ1n) is 6.80. The van der Waals surface area contributed by atoms with E-state index in [4.69, 9.17) is 13.6 Å². The summed E-state index contributed by atoms with van der Waals surface area (Å²) in [7, 11) is -0.158. The van der Waals surface area contributed by atoms with E-state index in [2.05, 4.69) is 47.7 Å². The molecule has 0 aliphatic heterocycles. The van der Waals surface area contributed by atoms with Gasteiger partial charge in [0.2, 0.25) is 0 Å². The maximum Gasteiger partial charge on any atom is 0.284 e. The quantitative estimate of drug-likeness (QED) is 0.739. The van der Waals surface area contributed by atoms with E-state index in [1.165, 1.54) is 0 Å². The van der Waals surface area contributed by atoms with Crippen LogP contribution in [0.4, 0.5) is 0 Å². The van der Waals surface area contributed by atoms with E-state index in [0.29, 0.717) is 5.95 Å². The van der Waals surface area contributed by atoms with Gasteiger partial charge in [-0.05, 0) is 38.0 Å². The van der Waals surface area contributed by atoms with E-state index in [1.54, 1.807) is 7.11 Å². The molecule has 1 aromatic rings. The Morgan fingerprint density at radius 3 is 2.11 bits per heavy atom. The smallest absolute Gasteiger partial charge is 0.284 e. The van der Waals surface area contributed by atoms with Crippen molar-refractivity contribution in [3.8, 4) is 5.95 Å². The molecule has 4 heteroatoms. The number of hydrogen-bond acceptors (Lipinski definition) is 3. The largest absolute Gasteiger partial charge is 0.468 e. The molecule has 110 valence electrons. The highest BCUT2D eigenvalue weighted by molar-refractivity contribution is 6.74. The fourth-order valence-corrected chi connectivity index (χ4v) is 3.62. The zero-order valence-electron chi connectivity index (χ0n) is 13.6. The average Bonchev–Trinajstić information content (AvgIpc) is 2.60. The minimum Gasteiger partial charge on any atom is -0.468 e. The van der Waals surface area contributed by atoms with Crippen LogP contribution < -0.4 is 4.74 Å². The second-order valence-corrected chi connectivity index (χ2v) is 11.9. The number of rotatable bonds is 5. The Bertz CT molecular complexity index is 413. The molecule has 3 nitrogen and oxygen atoms in total. The molecule has 0 amide bonds. The van der Waals surface area contributed by atoms with E-state index in [9.17, 15) is 0 Å². The van der Waals surface area contributed by atoms with Gasteiger partial charge in [-0.25, -0.2) is 0 Å². The minimum absolute atomic E-state index is 0.213. The van der Waals surface area contributed by atoms with Crippen LogP contribution in [0.5, 0.6) is 5.95 Å². The standard InChI is InChI=1S/C15H28O3Si/c1-14(2,3)19(7,8)18-15(4,5)11-12-9-10-13(16-6)17-12/h9-10H,11H2,1-8H3. The molecular weight excluding hydrogens is 256 g/mol. The summed E-state index contributed by atoms with van der Waals surface area (Å²) < 4.78 is 17.1. The Morgan fingerprint density at radius 1 is 1.11 bits per heavy atom. The van der Waals surface area contributed by atoms with E-state index in [-0.39, 0.29) is 10.6 Å². The van der Waals surface area contributed by atoms with Crippen LogP contribution in [-0.4, -0.2) is 21.0 Å². The lowest BCUT2D eigenvalue weighted by molar-refractivity contribution is 0.0851. The molecule has 0 spiro atoms. The van der Waals surface area contributed by atoms with Crippen LogP contribution in [0.25, 0.3) is 0 Å². The molecule has 1 aromatic heterocycles. The van der Waals surface area contributed by atoms with Crippen molar-refractivity contribution < 1.29 is 13.6 Å². The first-order valence-corrected chi connectivity index (χ1v) is 9.70.